The van der Waals surface area contributed by atoms with Gasteiger partial charge in [-0.3, -0.25) is 4.79 Å². The van der Waals surface area contributed by atoms with Gasteiger partial charge in [0.2, 0.25) is 5.91 Å². The summed E-state index contributed by atoms with van der Waals surface area (Å²) in [4.78, 5) is 11.5. The van der Waals surface area contributed by atoms with Gasteiger partial charge >= 0.3 is 0 Å². The third kappa shape index (κ3) is 4.96. The minimum atomic E-state index is -1.40. The average molecular weight is 432 g/mol. The number of nitrogen functional groups attached to an aromatic ring is 1. The number of nitrogens with two attached hydrogens (primary N) is 2. The summed E-state index contributed by atoms with van der Waals surface area (Å²) in [6.07, 6.45) is 3.97. The van der Waals surface area contributed by atoms with Gasteiger partial charge in [0, 0.05) is 16.9 Å². The topological polar surface area (TPSA) is 104 Å². The number of halogens is 1. The predicted octanol–water partition coefficient (Wildman–Crippen LogP) is 3.99. The Bertz CT molecular complexity index is 910. The van der Waals surface area contributed by atoms with E-state index in [1.165, 1.54) is 18.9 Å². The molecule has 0 spiro atoms. The van der Waals surface area contributed by atoms with E-state index in [4.69, 9.17) is 11.5 Å². The molecule has 2 aromatic rings. The molecule has 162 valence electrons. The molecule has 3 rings (SSSR count). The highest BCUT2D eigenvalue weighted by molar-refractivity contribution is 7.90. The Morgan fingerprint density at radius 3 is 2.27 bits per heavy atom. The van der Waals surface area contributed by atoms with Crippen LogP contribution in [0.4, 0.5) is 10.1 Å². The molecular weight excluding hydrogens is 401 g/mol. The number of carbonyl (C=O) groups is 1. The van der Waals surface area contributed by atoms with Crippen LogP contribution < -0.4 is 16.2 Å². The molecule has 0 aromatic heterocycles. The zero-order valence-electron chi connectivity index (χ0n) is 17.7. The van der Waals surface area contributed by atoms with Crippen molar-refractivity contribution in [1.29, 1.82) is 0 Å². The molecule has 2 aromatic carbocycles. The van der Waals surface area contributed by atoms with Crippen molar-refractivity contribution in [2.24, 2.45) is 11.7 Å². The monoisotopic (exact) mass is 431 g/mol. The Labute approximate surface area is 180 Å². The van der Waals surface area contributed by atoms with Crippen LogP contribution in [0.5, 0.6) is 0 Å². The van der Waals surface area contributed by atoms with E-state index in [1.807, 2.05) is 32.9 Å². The molecule has 0 aliphatic heterocycles. The van der Waals surface area contributed by atoms with Gasteiger partial charge < -0.3 is 16.0 Å². The van der Waals surface area contributed by atoms with Gasteiger partial charge in [-0.2, -0.15) is 0 Å². The number of hydrogen-bond acceptors (Lipinski definition) is 4. The first-order valence-electron chi connectivity index (χ1n) is 10.2. The molecule has 1 saturated carbocycles. The summed E-state index contributed by atoms with van der Waals surface area (Å²) in [5, 5.41) is 0. The number of primary amides is 1. The molecule has 0 radical (unpaired) electrons. The van der Waals surface area contributed by atoms with Gasteiger partial charge in [-0.25, -0.2) is 4.39 Å². The lowest BCUT2D eigenvalue weighted by Crippen LogP contribution is -2.52. The van der Waals surface area contributed by atoms with E-state index in [-0.39, 0.29) is 5.69 Å². The lowest BCUT2D eigenvalue weighted by Gasteiger charge is -2.39. The highest BCUT2D eigenvalue weighted by atomic mass is 32.2. The van der Waals surface area contributed by atoms with Crippen molar-refractivity contribution in [2.75, 3.05) is 5.73 Å². The fourth-order valence-corrected chi connectivity index (χ4v) is 4.45. The van der Waals surface area contributed by atoms with Crippen LogP contribution in [-0.2, 0) is 16.9 Å². The Morgan fingerprint density at radius 1 is 1.17 bits per heavy atom. The third-order valence-corrected chi connectivity index (χ3v) is 7.24. The summed E-state index contributed by atoms with van der Waals surface area (Å²) in [5.41, 5.74) is 12.5. The minimum absolute atomic E-state index is 0.0420. The largest absolute Gasteiger partial charge is 0.598 e. The van der Waals surface area contributed by atoms with E-state index in [9.17, 15) is 13.7 Å². The summed E-state index contributed by atoms with van der Waals surface area (Å²) >= 11 is -1.40. The number of benzene rings is 2. The second-order valence-electron chi connectivity index (χ2n) is 9.05. The number of rotatable bonds is 8. The molecule has 1 aliphatic carbocycles. The lowest BCUT2D eigenvalue weighted by molar-refractivity contribution is 0.1000. The fraction of sp³-hybridized carbons (Fsp3) is 0.435. The predicted molar refractivity (Wildman–Crippen MR) is 120 cm³/mol. The fourth-order valence-electron chi connectivity index (χ4n) is 3.49. The van der Waals surface area contributed by atoms with E-state index in [2.05, 4.69) is 4.72 Å². The van der Waals surface area contributed by atoms with Crippen molar-refractivity contribution in [2.45, 2.75) is 56.7 Å². The Morgan fingerprint density at radius 2 is 1.77 bits per heavy atom. The third-order valence-electron chi connectivity index (χ3n) is 5.60. The second kappa shape index (κ2) is 8.57. The molecule has 0 heterocycles. The van der Waals surface area contributed by atoms with Crippen molar-refractivity contribution in [3.63, 3.8) is 0 Å². The van der Waals surface area contributed by atoms with E-state index < -0.39 is 33.4 Å². The zero-order valence-corrected chi connectivity index (χ0v) is 18.5. The van der Waals surface area contributed by atoms with Crippen molar-refractivity contribution in [1.82, 2.24) is 4.72 Å². The molecule has 2 atom stereocenters. The van der Waals surface area contributed by atoms with Crippen LogP contribution >= 0.6 is 0 Å². The number of carbonyl (C=O) groups excluding carboxylic acids is 1. The Balaban J connectivity index is 2.15. The number of hydrogen-bond donors (Lipinski definition) is 3. The molecule has 1 fully saturated rings. The van der Waals surface area contributed by atoms with Gasteiger partial charge in [-0.15, -0.1) is 4.72 Å². The van der Waals surface area contributed by atoms with E-state index in [1.54, 1.807) is 24.3 Å². The molecule has 5 N–H and O–H groups in total. The number of anilines is 1. The SMILES string of the molecule is CC(C)(C)[S+]([O-])NC(CCC1CC1)(c1ccc(C(N)=O)cc1)c1ccc(F)c(N)c1. The quantitative estimate of drug-likeness (QED) is 0.434. The first kappa shape index (κ1) is 22.6. The highest BCUT2D eigenvalue weighted by Crippen LogP contribution is 2.42. The van der Waals surface area contributed by atoms with Crippen LogP contribution in [-0.4, -0.2) is 15.2 Å². The Kier molecular flexibility index (Phi) is 6.45. The van der Waals surface area contributed by atoms with Crippen molar-refractivity contribution in [3.05, 3.63) is 65.0 Å². The van der Waals surface area contributed by atoms with Crippen molar-refractivity contribution >= 4 is 23.0 Å². The van der Waals surface area contributed by atoms with Crippen LogP contribution in [0, 0.1) is 11.7 Å². The maximum atomic E-state index is 14.0. The molecule has 5 nitrogen and oxygen atoms in total. The number of nitrogens with one attached hydrogen (secondary N) is 1. The summed E-state index contributed by atoms with van der Waals surface area (Å²) in [5.74, 6) is -0.366. The molecule has 2 unspecified atom stereocenters. The van der Waals surface area contributed by atoms with Crippen LogP contribution in [0.1, 0.15) is 67.9 Å². The first-order chi connectivity index (χ1) is 14.0. The van der Waals surface area contributed by atoms with Gasteiger partial charge in [-0.05, 0) is 74.9 Å². The normalized spacial score (nSPS) is 17.4. The molecule has 0 bridgehead atoms. The Hall–Kier alpha value is -2.09. The van der Waals surface area contributed by atoms with Crippen LogP contribution in [0.2, 0.25) is 0 Å². The van der Waals surface area contributed by atoms with Crippen LogP contribution in [0.15, 0.2) is 42.5 Å². The molecule has 1 aliphatic rings. The minimum Gasteiger partial charge on any atom is -0.598 e. The maximum absolute atomic E-state index is 14.0. The smallest absolute Gasteiger partial charge is 0.248 e. The highest BCUT2D eigenvalue weighted by Gasteiger charge is 2.43. The maximum Gasteiger partial charge on any atom is 0.248 e. The molecule has 7 heteroatoms. The molecule has 1 amide bonds. The van der Waals surface area contributed by atoms with Gasteiger partial charge in [0.1, 0.15) is 16.1 Å². The zero-order chi connectivity index (χ0) is 22.1. The standard InChI is InChI=1S/C23H30FN3O2S/c1-22(2,3)30(29)27-23(13-12-15-4-5-15,18-10-11-19(24)20(25)14-18)17-8-6-16(7-9-17)21(26)28/h6-11,14-15,27H,4-5,12-13,25H2,1-3H3,(H2,26,28). The van der Waals surface area contributed by atoms with E-state index in [0.29, 0.717) is 17.9 Å². The first-order valence-corrected chi connectivity index (χ1v) is 11.3. The average Bonchev–Trinajstić information content (AvgIpc) is 3.51. The van der Waals surface area contributed by atoms with Gasteiger partial charge in [0.15, 0.2) is 0 Å². The molecule has 30 heavy (non-hydrogen) atoms. The van der Waals surface area contributed by atoms with Gasteiger partial charge in [0.25, 0.3) is 0 Å². The van der Waals surface area contributed by atoms with Gasteiger partial charge in [0.05, 0.1) is 5.69 Å². The molecule has 0 saturated heterocycles. The van der Waals surface area contributed by atoms with Gasteiger partial charge in [-0.1, -0.05) is 31.0 Å². The second-order valence-corrected chi connectivity index (χ2v) is 11.0. The lowest BCUT2D eigenvalue weighted by atomic mass is 9.79. The van der Waals surface area contributed by atoms with E-state index >= 15 is 0 Å². The number of amides is 1. The summed E-state index contributed by atoms with van der Waals surface area (Å²) in [6, 6.07) is 11.6. The summed E-state index contributed by atoms with van der Waals surface area (Å²) < 4.78 is 30.0. The summed E-state index contributed by atoms with van der Waals surface area (Å²) in [7, 11) is 0. The van der Waals surface area contributed by atoms with Crippen LogP contribution in [0.25, 0.3) is 0 Å². The molecular formula is C23H30FN3O2S. The van der Waals surface area contributed by atoms with Crippen molar-refractivity contribution in [3.8, 4) is 0 Å². The summed E-state index contributed by atoms with van der Waals surface area (Å²) in [6.45, 7) is 5.70. The van der Waals surface area contributed by atoms with Crippen molar-refractivity contribution < 1.29 is 13.7 Å². The van der Waals surface area contributed by atoms with Crippen LogP contribution in [0.3, 0.4) is 0 Å². The van der Waals surface area contributed by atoms with E-state index in [0.717, 1.165) is 17.5 Å².